The van der Waals surface area contributed by atoms with Crippen molar-refractivity contribution < 1.29 is 0 Å². The maximum atomic E-state index is 6.09. The Kier molecular flexibility index (Phi) is 3.09. The molecule has 2 N–H and O–H groups in total. The first-order valence-electron chi connectivity index (χ1n) is 6.04. The van der Waals surface area contributed by atoms with Gasteiger partial charge in [0.05, 0.1) is 17.1 Å². The SMILES string of the molecule is Cc1cc(-c2csc3nc(C)c(CN)n23)ccc1Cl. The number of benzene rings is 1. The number of hydrogen-bond acceptors (Lipinski definition) is 3. The molecule has 2 aromatic heterocycles. The Labute approximate surface area is 120 Å². The molecule has 0 bridgehead atoms. The zero-order valence-electron chi connectivity index (χ0n) is 10.8. The third kappa shape index (κ3) is 1.96. The Morgan fingerprint density at radius 3 is 2.84 bits per heavy atom. The van der Waals surface area contributed by atoms with Crippen molar-refractivity contribution in [3.05, 3.63) is 45.6 Å². The first-order valence-corrected chi connectivity index (χ1v) is 7.29. The molecule has 0 radical (unpaired) electrons. The van der Waals surface area contributed by atoms with Gasteiger partial charge in [-0.2, -0.15) is 0 Å². The molecule has 2 heterocycles. The lowest BCUT2D eigenvalue weighted by Crippen LogP contribution is -2.03. The van der Waals surface area contributed by atoms with Gasteiger partial charge in [-0.1, -0.05) is 17.7 Å². The highest BCUT2D eigenvalue weighted by Crippen LogP contribution is 2.30. The molecule has 0 spiro atoms. The Hall–Kier alpha value is -1.36. The van der Waals surface area contributed by atoms with Crippen LogP contribution < -0.4 is 5.73 Å². The molecule has 0 atom stereocenters. The minimum atomic E-state index is 0.489. The average Bonchev–Trinajstić information content (AvgIpc) is 2.90. The molecule has 0 amide bonds. The molecule has 0 fully saturated rings. The number of rotatable bonds is 2. The monoisotopic (exact) mass is 291 g/mol. The lowest BCUT2D eigenvalue weighted by molar-refractivity contribution is 0.953. The van der Waals surface area contributed by atoms with Gasteiger partial charge in [0, 0.05) is 16.9 Å². The third-order valence-corrected chi connectivity index (χ3v) is 4.56. The van der Waals surface area contributed by atoms with Crippen LogP contribution in [-0.2, 0) is 6.54 Å². The highest BCUT2D eigenvalue weighted by molar-refractivity contribution is 7.15. The molecule has 0 aliphatic heterocycles. The molecule has 3 rings (SSSR count). The van der Waals surface area contributed by atoms with Gasteiger partial charge < -0.3 is 5.73 Å². The smallest absolute Gasteiger partial charge is 0.194 e. The second-order valence-electron chi connectivity index (χ2n) is 4.55. The van der Waals surface area contributed by atoms with Crippen molar-refractivity contribution in [2.45, 2.75) is 20.4 Å². The van der Waals surface area contributed by atoms with E-state index in [1.54, 1.807) is 11.3 Å². The molecule has 0 unspecified atom stereocenters. The second kappa shape index (κ2) is 4.63. The summed E-state index contributed by atoms with van der Waals surface area (Å²) >= 11 is 7.72. The van der Waals surface area contributed by atoms with Crippen LogP contribution in [-0.4, -0.2) is 9.38 Å². The van der Waals surface area contributed by atoms with Crippen LogP contribution in [0, 0.1) is 13.8 Å². The summed E-state index contributed by atoms with van der Waals surface area (Å²) in [6.45, 7) is 4.50. The number of hydrogen-bond donors (Lipinski definition) is 1. The molecule has 98 valence electrons. The van der Waals surface area contributed by atoms with Crippen LogP contribution in [0.15, 0.2) is 23.6 Å². The van der Waals surface area contributed by atoms with Crippen LogP contribution in [0.3, 0.4) is 0 Å². The van der Waals surface area contributed by atoms with Crippen LogP contribution in [0.5, 0.6) is 0 Å². The number of imidazole rings is 1. The van der Waals surface area contributed by atoms with Gasteiger partial charge in [-0.15, -0.1) is 11.3 Å². The van der Waals surface area contributed by atoms with Gasteiger partial charge in [-0.05, 0) is 37.1 Å². The van der Waals surface area contributed by atoms with Crippen LogP contribution in [0.2, 0.25) is 5.02 Å². The number of thiazole rings is 1. The lowest BCUT2D eigenvalue weighted by Gasteiger charge is -2.05. The summed E-state index contributed by atoms with van der Waals surface area (Å²) in [5.41, 5.74) is 11.3. The predicted molar refractivity (Wildman–Crippen MR) is 80.9 cm³/mol. The standard InChI is InChI=1S/C14H14ClN3S/c1-8-5-10(3-4-11(8)15)13-7-19-14-17-9(2)12(6-16)18(13)14/h3-5,7H,6,16H2,1-2H3. The Morgan fingerprint density at radius 1 is 1.37 bits per heavy atom. The van der Waals surface area contributed by atoms with Crippen molar-refractivity contribution in [2.24, 2.45) is 5.73 Å². The topological polar surface area (TPSA) is 43.3 Å². The molecule has 0 aliphatic rings. The molecule has 3 aromatic rings. The van der Waals surface area contributed by atoms with E-state index in [2.05, 4.69) is 20.8 Å². The van der Waals surface area contributed by atoms with Crippen LogP contribution in [0.25, 0.3) is 16.2 Å². The highest BCUT2D eigenvalue weighted by Gasteiger charge is 2.14. The fraction of sp³-hybridized carbons (Fsp3) is 0.214. The van der Waals surface area contributed by atoms with E-state index in [-0.39, 0.29) is 0 Å². The quantitative estimate of drug-likeness (QED) is 0.780. The Morgan fingerprint density at radius 2 is 2.16 bits per heavy atom. The van der Waals surface area contributed by atoms with Crippen LogP contribution in [0.1, 0.15) is 17.0 Å². The summed E-state index contributed by atoms with van der Waals surface area (Å²) in [5.74, 6) is 0. The normalized spacial score (nSPS) is 11.4. The van der Waals surface area contributed by atoms with Gasteiger partial charge in [0.2, 0.25) is 0 Å². The fourth-order valence-electron chi connectivity index (χ4n) is 2.26. The molecule has 0 saturated heterocycles. The highest BCUT2D eigenvalue weighted by atomic mass is 35.5. The van der Waals surface area contributed by atoms with Gasteiger partial charge in [-0.25, -0.2) is 4.98 Å². The minimum absolute atomic E-state index is 0.489. The first-order chi connectivity index (χ1) is 9.11. The van der Waals surface area contributed by atoms with Gasteiger partial charge >= 0.3 is 0 Å². The first kappa shape index (κ1) is 12.7. The molecule has 0 saturated carbocycles. The van der Waals surface area contributed by atoms with Crippen LogP contribution >= 0.6 is 22.9 Å². The largest absolute Gasteiger partial charge is 0.325 e. The summed E-state index contributed by atoms with van der Waals surface area (Å²) in [6, 6.07) is 6.06. The summed E-state index contributed by atoms with van der Waals surface area (Å²) in [5, 5.41) is 2.90. The summed E-state index contributed by atoms with van der Waals surface area (Å²) in [7, 11) is 0. The molecule has 3 nitrogen and oxygen atoms in total. The molecular formula is C14H14ClN3S. The zero-order chi connectivity index (χ0) is 13.6. The van der Waals surface area contributed by atoms with E-state index in [4.69, 9.17) is 17.3 Å². The number of aryl methyl sites for hydroxylation is 2. The Balaban J connectivity index is 2.27. The zero-order valence-corrected chi connectivity index (χ0v) is 12.3. The molecular weight excluding hydrogens is 278 g/mol. The third-order valence-electron chi connectivity index (χ3n) is 3.31. The summed E-state index contributed by atoms with van der Waals surface area (Å²) in [6.07, 6.45) is 0. The van der Waals surface area contributed by atoms with Crippen molar-refractivity contribution in [3.63, 3.8) is 0 Å². The summed E-state index contributed by atoms with van der Waals surface area (Å²) in [4.78, 5) is 5.53. The van der Waals surface area contributed by atoms with E-state index in [1.807, 2.05) is 26.0 Å². The number of fused-ring (bicyclic) bond motifs is 1. The van der Waals surface area contributed by atoms with E-state index in [0.717, 1.165) is 38.2 Å². The van der Waals surface area contributed by atoms with Crippen molar-refractivity contribution in [2.75, 3.05) is 0 Å². The summed E-state index contributed by atoms with van der Waals surface area (Å²) < 4.78 is 2.14. The maximum absolute atomic E-state index is 6.09. The fourth-order valence-corrected chi connectivity index (χ4v) is 3.34. The number of nitrogens with zero attached hydrogens (tertiary/aromatic N) is 2. The van der Waals surface area contributed by atoms with Crippen molar-refractivity contribution in [1.82, 2.24) is 9.38 Å². The van der Waals surface area contributed by atoms with Crippen LogP contribution in [0.4, 0.5) is 0 Å². The van der Waals surface area contributed by atoms with E-state index < -0.39 is 0 Å². The van der Waals surface area contributed by atoms with Gasteiger partial charge in [0.15, 0.2) is 4.96 Å². The van der Waals surface area contributed by atoms with Gasteiger partial charge in [0.1, 0.15) is 0 Å². The molecule has 0 aliphatic carbocycles. The van der Waals surface area contributed by atoms with E-state index in [0.29, 0.717) is 6.54 Å². The van der Waals surface area contributed by atoms with Crippen molar-refractivity contribution >= 4 is 27.9 Å². The Bertz CT molecular complexity index is 757. The lowest BCUT2D eigenvalue weighted by atomic mass is 10.1. The van der Waals surface area contributed by atoms with Gasteiger partial charge in [0.25, 0.3) is 0 Å². The van der Waals surface area contributed by atoms with Crippen molar-refractivity contribution in [3.8, 4) is 11.3 Å². The van der Waals surface area contributed by atoms with E-state index >= 15 is 0 Å². The number of nitrogens with two attached hydrogens (primary N) is 1. The molecule has 19 heavy (non-hydrogen) atoms. The average molecular weight is 292 g/mol. The van der Waals surface area contributed by atoms with E-state index in [1.165, 1.54) is 0 Å². The van der Waals surface area contributed by atoms with Crippen molar-refractivity contribution in [1.29, 1.82) is 0 Å². The molecule has 1 aromatic carbocycles. The van der Waals surface area contributed by atoms with E-state index in [9.17, 15) is 0 Å². The second-order valence-corrected chi connectivity index (χ2v) is 5.79. The molecule has 5 heteroatoms. The maximum Gasteiger partial charge on any atom is 0.194 e. The van der Waals surface area contributed by atoms with Gasteiger partial charge in [-0.3, -0.25) is 4.40 Å². The number of aromatic nitrogens is 2. The number of halogens is 1. The predicted octanol–water partition coefficient (Wildman–Crippen LogP) is 3.79. The minimum Gasteiger partial charge on any atom is -0.325 e.